The van der Waals surface area contributed by atoms with Gasteiger partial charge in [0.25, 0.3) is 0 Å². The van der Waals surface area contributed by atoms with Gasteiger partial charge in [0.05, 0.1) is 24.0 Å². The minimum atomic E-state index is -3.88. The summed E-state index contributed by atoms with van der Waals surface area (Å²) in [6.45, 7) is 3.50. The second-order valence-electron chi connectivity index (χ2n) is 6.24. The summed E-state index contributed by atoms with van der Waals surface area (Å²) in [7, 11) is -7.69. The number of anilines is 1. The molecule has 1 aliphatic heterocycles. The van der Waals surface area contributed by atoms with Crippen molar-refractivity contribution in [2.75, 3.05) is 16.7 Å². The second-order valence-corrected chi connectivity index (χ2v) is 9.79. The number of hydrogen-bond acceptors (Lipinski definition) is 6. The zero-order valence-electron chi connectivity index (χ0n) is 13.9. The number of amides is 1. The van der Waals surface area contributed by atoms with Gasteiger partial charge in [0, 0.05) is 6.04 Å². The molecule has 0 aromatic heterocycles. The number of carbonyl (C=O) groups is 1. The molecule has 1 aromatic carbocycles. The lowest BCUT2D eigenvalue weighted by atomic mass is 10.2. The molecule has 8 nitrogen and oxygen atoms in total. The zero-order valence-corrected chi connectivity index (χ0v) is 15.6. The van der Waals surface area contributed by atoms with Crippen LogP contribution in [-0.4, -0.2) is 41.1 Å². The van der Waals surface area contributed by atoms with Crippen LogP contribution < -0.4 is 13.8 Å². The van der Waals surface area contributed by atoms with Crippen LogP contribution in [0.5, 0.6) is 5.75 Å². The lowest BCUT2D eigenvalue weighted by Crippen LogP contribution is -2.31. The lowest BCUT2D eigenvalue weighted by molar-refractivity contribution is -0.119. The predicted octanol–water partition coefficient (Wildman–Crippen LogP) is 0.839. The van der Waals surface area contributed by atoms with Crippen molar-refractivity contribution in [1.29, 1.82) is 0 Å². The van der Waals surface area contributed by atoms with E-state index in [4.69, 9.17) is 4.74 Å². The van der Waals surface area contributed by atoms with Crippen molar-refractivity contribution in [2.24, 2.45) is 5.92 Å². The van der Waals surface area contributed by atoms with Crippen molar-refractivity contribution in [1.82, 2.24) is 4.72 Å². The molecule has 1 saturated heterocycles. The van der Waals surface area contributed by atoms with Crippen LogP contribution in [0, 0.1) is 5.92 Å². The number of benzene rings is 1. The van der Waals surface area contributed by atoms with Gasteiger partial charge in [0.2, 0.25) is 26.0 Å². The van der Waals surface area contributed by atoms with Crippen LogP contribution in [0.15, 0.2) is 23.1 Å². The first-order chi connectivity index (χ1) is 11.7. The van der Waals surface area contributed by atoms with Gasteiger partial charge in [-0.05, 0) is 38.0 Å². The summed E-state index contributed by atoms with van der Waals surface area (Å²) < 4.78 is 58.3. The minimum Gasteiger partial charge on any atom is -0.492 e. The molecule has 25 heavy (non-hydrogen) atoms. The van der Waals surface area contributed by atoms with Crippen LogP contribution in [0.2, 0.25) is 0 Å². The first-order valence-corrected chi connectivity index (χ1v) is 11.1. The smallest absolute Gasteiger partial charge is 0.244 e. The molecule has 1 aliphatic carbocycles. The molecule has 1 unspecified atom stereocenters. The van der Waals surface area contributed by atoms with Crippen molar-refractivity contribution in [2.45, 2.75) is 37.6 Å². The van der Waals surface area contributed by atoms with Gasteiger partial charge in [-0.3, -0.25) is 4.79 Å². The summed E-state index contributed by atoms with van der Waals surface area (Å²) in [5, 5.41) is 0. The number of nitrogens with one attached hydrogen (secondary N) is 1. The van der Waals surface area contributed by atoms with Gasteiger partial charge >= 0.3 is 0 Å². The number of sulfonamides is 2. The van der Waals surface area contributed by atoms with Crippen LogP contribution in [0.25, 0.3) is 0 Å². The average molecular weight is 388 g/mol. The Morgan fingerprint density at radius 2 is 2.00 bits per heavy atom. The molecule has 2 fully saturated rings. The molecule has 1 saturated carbocycles. The molecule has 138 valence electrons. The molecule has 0 spiro atoms. The van der Waals surface area contributed by atoms with Crippen LogP contribution >= 0.6 is 0 Å². The fourth-order valence-electron chi connectivity index (χ4n) is 2.68. The monoisotopic (exact) mass is 388 g/mol. The first kappa shape index (κ1) is 18.2. The number of rotatable bonds is 6. The van der Waals surface area contributed by atoms with E-state index in [1.807, 2.05) is 0 Å². The molecule has 2 aliphatic rings. The highest BCUT2D eigenvalue weighted by Crippen LogP contribution is 2.34. The molecule has 10 heteroatoms. The highest BCUT2D eigenvalue weighted by molar-refractivity contribution is 7.94. The summed E-state index contributed by atoms with van der Waals surface area (Å²) >= 11 is 0. The van der Waals surface area contributed by atoms with Gasteiger partial charge in [-0.1, -0.05) is 6.92 Å². The summed E-state index contributed by atoms with van der Waals surface area (Å²) in [4.78, 5) is 12.1. The molecule has 1 atom stereocenters. The Morgan fingerprint density at radius 1 is 1.32 bits per heavy atom. The fraction of sp³-hybridized carbons (Fsp3) is 0.533. The Morgan fingerprint density at radius 3 is 2.52 bits per heavy atom. The van der Waals surface area contributed by atoms with Gasteiger partial charge in [-0.2, -0.15) is 0 Å². The van der Waals surface area contributed by atoms with E-state index < -0.39 is 31.9 Å². The molecular weight excluding hydrogens is 368 g/mol. The summed E-state index contributed by atoms with van der Waals surface area (Å²) in [5.41, 5.74) is 0.00831. The Kier molecular flexibility index (Phi) is 4.54. The van der Waals surface area contributed by atoms with Crippen molar-refractivity contribution >= 4 is 31.6 Å². The Hall–Kier alpha value is -1.65. The fourth-order valence-corrected chi connectivity index (χ4v) is 5.96. The average Bonchev–Trinajstić information content (AvgIpc) is 3.27. The van der Waals surface area contributed by atoms with Gasteiger partial charge in [0.1, 0.15) is 10.6 Å². The maximum atomic E-state index is 12.6. The van der Waals surface area contributed by atoms with E-state index in [0.29, 0.717) is 4.31 Å². The molecule has 1 N–H and O–H groups in total. The highest BCUT2D eigenvalue weighted by atomic mass is 32.2. The number of hydrogen-bond donors (Lipinski definition) is 1. The normalized spacial score (nSPS) is 23.0. The van der Waals surface area contributed by atoms with E-state index >= 15 is 0 Å². The summed E-state index contributed by atoms with van der Waals surface area (Å²) in [6.07, 6.45) is 1.53. The Labute approximate surface area is 147 Å². The van der Waals surface area contributed by atoms with Gasteiger partial charge in [0.15, 0.2) is 0 Å². The number of ether oxygens (including phenoxy) is 1. The number of carbonyl (C=O) groups excluding carboxylic acids is 1. The molecule has 1 aromatic rings. The predicted molar refractivity (Wildman–Crippen MR) is 91.4 cm³/mol. The van der Waals surface area contributed by atoms with E-state index in [1.54, 1.807) is 6.92 Å². The van der Waals surface area contributed by atoms with E-state index in [1.165, 1.54) is 25.1 Å². The Balaban J connectivity index is 2.08. The van der Waals surface area contributed by atoms with Gasteiger partial charge < -0.3 is 4.74 Å². The molecule has 1 heterocycles. The summed E-state index contributed by atoms with van der Waals surface area (Å²) in [6, 6.07) is 3.84. The van der Waals surface area contributed by atoms with Crippen molar-refractivity contribution in [3.8, 4) is 5.75 Å². The summed E-state index contributed by atoms with van der Waals surface area (Å²) in [5.74, 6) is -1.40. The number of nitrogens with zero attached hydrogens (tertiary/aromatic N) is 1. The van der Waals surface area contributed by atoms with E-state index in [2.05, 4.69) is 4.72 Å². The molecular formula is C15H20N2O6S2. The second kappa shape index (κ2) is 6.26. The SMILES string of the molecule is CCOc1ccc(N2C(=O)C(C)CS2(=O)=O)cc1S(=O)(=O)NC1CC1. The third-order valence-corrected chi connectivity index (χ3v) is 7.42. The topological polar surface area (TPSA) is 110 Å². The maximum Gasteiger partial charge on any atom is 0.244 e. The molecule has 3 rings (SSSR count). The standard InChI is InChI=1S/C15H20N2O6S2/c1-3-23-13-7-6-12(17-15(18)10(2)9-24(17,19)20)8-14(13)25(21,22)16-11-4-5-11/h6-8,10-11,16H,3-5,9H2,1-2H3. The van der Waals surface area contributed by atoms with E-state index in [9.17, 15) is 21.6 Å². The van der Waals surface area contributed by atoms with Crippen LogP contribution in [0.4, 0.5) is 5.69 Å². The van der Waals surface area contributed by atoms with Crippen LogP contribution in [0.1, 0.15) is 26.7 Å². The van der Waals surface area contributed by atoms with E-state index in [0.717, 1.165) is 12.8 Å². The van der Waals surface area contributed by atoms with Crippen molar-refractivity contribution in [3.05, 3.63) is 18.2 Å². The maximum absolute atomic E-state index is 12.6. The third-order valence-electron chi connectivity index (χ3n) is 4.01. The largest absolute Gasteiger partial charge is 0.492 e. The lowest BCUT2D eigenvalue weighted by Gasteiger charge is -2.18. The highest BCUT2D eigenvalue weighted by Gasteiger charge is 2.42. The van der Waals surface area contributed by atoms with Gasteiger partial charge in [-0.15, -0.1) is 0 Å². The third kappa shape index (κ3) is 3.51. The van der Waals surface area contributed by atoms with Gasteiger partial charge in [-0.25, -0.2) is 25.9 Å². The van der Waals surface area contributed by atoms with Crippen molar-refractivity contribution in [3.63, 3.8) is 0 Å². The van der Waals surface area contributed by atoms with Crippen molar-refractivity contribution < 1.29 is 26.4 Å². The quantitative estimate of drug-likeness (QED) is 0.773. The minimum absolute atomic E-state index is 0.00831. The zero-order chi connectivity index (χ0) is 18.4. The Bertz CT molecular complexity index is 906. The first-order valence-electron chi connectivity index (χ1n) is 8.01. The van der Waals surface area contributed by atoms with Crippen LogP contribution in [0.3, 0.4) is 0 Å². The van der Waals surface area contributed by atoms with Crippen LogP contribution in [-0.2, 0) is 24.8 Å². The molecule has 1 amide bonds. The van der Waals surface area contributed by atoms with E-state index in [-0.39, 0.29) is 34.7 Å². The molecule has 0 bridgehead atoms. The molecule has 0 radical (unpaired) electrons.